The van der Waals surface area contributed by atoms with Crippen LogP contribution in [0.25, 0.3) is 22.6 Å². The van der Waals surface area contributed by atoms with Gasteiger partial charge in [-0.1, -0.05) is 32.4 Å². The summed E-state index contributed by atoms with van der Waals surface area (Å²) in [6, 6.07) is 15.5. The number of amides is 1. The fourth-order valence-corrected chi connectivity index (χ4v) is 3.13. The van der Waals surface area contributed by atoms with Crippen molar-refractivity contribution in [3.63, 3.8) is 0 Å². The second kappa shape index (κ2) is 7.51. The van der Waals surface area contributed by atoms with Gasteiger partial charge in [-0.05, 0) is 49.2 Å². The molecule has 1 aromatic heterocycles. The van der Waals surface area contributed by atoms with Gasteiger partial charge < -0.3 is 9.32 Å². The van der Waals surface area contributed by atoms with Crippen molar-refractivity contribution in [2.75, 3.05) is 7.05 Å². The average molecular weight is 336 g/mol. The van der Waals surface area contributed by atoms with Crippen LogP contribution in [-0.4, -0.2) is 28.9 Å². The van der Waals surface area contributed by atoms with Crippen molar-refractivity contribution >= 4 is 17.0 Å². The minimum Gasteiger partial charge on any atom is -0.436 e. The SMILES string of the molecule is CCCC(CC)N(C)C(=O)c1ccc(-c2nc3ccccc3o2)cc1. The molecule has 0 bridgehead atoms. The topological polar surface area (TPSA) is 46.3 Å². The molecule has 0 aliphatic heterocycles. The summed E-state index contributed by atoms with van der Waals surface area (Å²) in [5.74, 6) is 0.635. The minimum absolute atomic E-state index is 0.0596. The van der Waals surface area contributed by atoms with E-state index in [0.29, 0.717) is 11.5 Å². The lowest BCUT2D eigenvalue weighted by atomic mass is 10.1. The van der Waals surface area contributed by atoms with E-state index in [4.69, 9.17) is 4.42 Å². The van der Waals surface area contributed by atoms with E-state index in [2.05, 4.69) is 18.8 Å². The van der Waals surface area contributed by atoms with Crippen LogP contribution in [-0.2, 0) is 0 Å². The maximum Gasteiger partial charge on any atom is 0.253 e. The predicted molar refractivity (Wildman–Crippen MR) is 101 cm³/mol. The van der Waals surface area contributed by atoms with Crippen LogP contribution in [0.15, 0.2) is 52.9 Å². The Morgan fingerprint density at radius 1 is 1.12 bits per heavy atom. The van der Waals surface area contributed by atoms with Crippen LogP contribution in [0.4, 0.5) is 0 Å². The molecule has 1 amide bonds. The molecule has 0 saturated carbocycles. The molecule has 1 heterocycles. The highest BCUT2D eigenvalue weighted by molar-refractivity contribution is 5.94. The van der Waals surface area contributed by atoms with Gasteiger partial charge in [0.25, 0.3) is 5.91 Å². The van der Waals surface area contributed by atoms with Crippen molar-refractivity contribution in [1.29, 1.82) is 0 Å². The number of carbonyl (C=O) groups is 1. The van der Waals surface area contributed by atoms with E-state index in [1.165, 1.54) is 0 Å². The zero-order chi connectivity index (χ0) is 17.8. The standard InChI is InChI=1S/C21H24N2O2/c1-4-8-17(5-2)23(3)21(24)16-13-11-15(12-14-16)20-22-18-9-6-7-10-19(18)25-20/h6-7,9-14,17H,4-5,8H2,1-3H3. The normalized spacial score (nSPS) is 12.3. The Morgan fingerprint density at radius 3 is 2.48 bits per heavy atom. The number of nitrogens with zero attached hydrogens (tertiary/aromatic N) is 2. The summed E-state index contributed by atoms with van der Waals surface area (Å²) < 4.78 is 5.78. The molecule has 3 rings (SSSR count). The van der Waals surface area contributed by atoms with Crippen LogP contribution in [0.1, 0.15) is 43.5 Å². The van der Waals surface area contributed by atoms with E-state index in [1.54, 1.807) is 0 Å². The van der Waals surface area contributed by atoms with Crippen LogP contribution in [0.3, 0.4) is 0 Å². The number of benzene rings is 2. The van der Waals surface area contributed by atoms with E-state index in [-0.39, 0.29) is 11.9 Å². The fraction of sp³-hybridized carbons (Fsp3) is 0.333. The third-order valence-corrected chi connectivity index (χ3v) is 4.63. The molecule has 0 radical (unpaired) electrons. The van der Waals surface area contributed by atoms with Crippen molar-refractivity contribution in [2.24, 2.45) is 0 Å². The van der Waals surface area contributed by atoms with E-state index < -0.39 is 0 Å². The molecule has 1 unspecified atom stereocenters. The third kappa shape index (κ3) is 3.58. The number of hydrogen-bond donors (Lipinski definition) is 0. The highest BCUT2D eigenvalue weighted by atomic mass is 16.3. The summed E-state index contributed by atoms with van der Waals surface area (Å²) in [5.41, 5.74) is 3.17. The first-order valence-electron chi connectivity index (χ1n) is 8.87. The number of rotatable bonds is 6. The number of fused-ring (bicyclic) bond motifs is 1. The highest BCUT2D eigenvalue weighted by Crippen LogP contribution is 2.24. The molecule has 3 aromatic rings. The molecule has 2 aromatic carbocycles. The molecule has 130 valence electrons. The Labute approximate surface area is 148 Å². The van der Waals surface area contributed by atoms with Gasteiger partial charge >= 0.3 is 0 Å². The monoisotopic (exact) mass is 336 g/mol. The molecule has 4 heteroatoms. The Balaban J connectivity index is 1.80. The fourth-order valence-electron chi connectivity index (χ4n) is 3.13. The molecular formula is C21H24N2O2. The van der Waals surface area contributed by atoms with Crippen molar-refractivity contribution < 1.29 is 9.21 Å². The summed E-state index contributed by atoms with van der Waals surface area (Å²) in [5, 5.41) is 0. The average Bonchev–Trinajstić information content (AvgIpc) is 3.09. The molecule has 1 atom stereocenters. The Morgan fingerprint density at radius 2 is 1.84 bits per heavy atom. The third-order valence-electron chi connectivity index (χ3n) is 4.63. The first-order valence-corrected chi connectivity index (χ1v) is 8.87. The van der Waals surface area contributed by atoms with Crippen LogP contribution in [0, 0.1) is 0 Å². The first kappa shape index (κ1) is 17.2. The molecule has 4 nitrogen and oxygen atoms in total. The van der Waals surface area contributed by atoms with Gasteiger partial charge in [0.2, 0.25) is 5.89 Å². The smallest absolute Gasteiger partial charge is 0.253 e. The largest absolute Gasteiger partial charge is 0.436 e. The molecule has 0 N–H and O–H groups in total. The Bertz CT molecular complexity index is 819. The molecule has 25 heavy (non-hydrogen) atoms. The van der Waals surface area contributed by atoms with Gasteiger partial charge in [-0.15, -0.1) is 0 Å². The van der Waals surface area contributed by atoms with Gasteiger partial charge in [-0.3, -0.25) is 4.79 Å². The molecule has 0 saturated heterocycles. The van der Waals surface area contributed by atoms with Crippen molar-refractivity contribution in [3.05, 3.63) is 54.1 Å². The molecule has 0 fully saturated rings. The van der Waals surface area contributed by atoms with E-state index in [9.17, 15) is 4.79 Å². The number of carbonyl (C=O) groups excluding carboxylic acids is 1. The zero-order valence-corrected chi connectivity index (χ0v) is 15.0. The summed E-state index contributed by atoms with van der Waals surface area (Å²) in [6.07, 6.45) is 3.07. The predicted octanol–water partition coefficient (Wildman–Crippen LogP) is 5.15. The molecule has 0 aliphatic rings. The Hall–Kier alpha value is -2.62. The summed E-state index contributed by atoms with van der Waals surface area (Å²) in [6.45, 7) is 4.27. The molecule has 0 spiro atoms. The van der Waals surface area contributed by atoms with Gasteiger partial charge in [0.1, 0.15) is 5.52 Å². The van der Waals surface area contributed by atoms with E-state index in [0.717, 1.165) is 35.9 Å². The lowest BCUT2D eigenvalue weighted by Gasteiger charge is -2.27. The van der Waals surface area contributed by atoms with Gasteiger partial charge in [0.05, 0.1) is 0 Å². The maximum atomic E-state index is 12.7. The summed E-state index contributed by atoms with van der Waals surface area (Å²) in [4.78, 5) is 19.1. The van der Waals surface area contributed by atoms with Crippen LogP contribution in [0.5, 0.6) is 0 Å². The maximum absolute atomic E-state index is 12.7. The van der Waals surface area contributed by atoms with E-state index in [1.807, 2.05) is 60.5 Å². The number of aromatic nitrogens is 1. The summed E-state index contributed by atoms with van der Waals surface area (Å²) >= 11 is 0. The zero-order valence-electron chi connectivity index (χ0n) is 15.0. The van der Waals surface area contributed by atoms with Crippen LogP contribution >= 0.6 is 0 Å². The quantitative estimate of drug-likeness (QED) is 0.626. The number of oxazole rings is 1. The van der Waals surface area contributed by atoms with E-state index >= 15 is 0 Å². The number of hydrogen-bond acceptors (Lipinski definition) is 3. The van der Waals surface area contributed by atoms with Crippen LogP contribution in [0.2, 0.25) is 0 Å². The van der Waals surface area contributed by atoms with Crippen molar-refractivity contribution in [2.45, 2.75) is 39.2 Å². The molecule has 0 aliphatic carbocycles. The Kier molecular flexibility index (Phi) is 5.17. The first-order chi connectivity index (χ1) is 12.1. The molecular weight excluding hydrogens is 312 g/mol. The van der Waals surface area contributed by atoms with Gasteiger partial charge in [0, 0.05) is 24.2 Å². The lowest BCUT2D eigenvalue weighted by molar-refractivity contribution is 0.0719. The lowest BCUT2D eigenvalue weighted by Crippen LogP contribution is -2.36. The second-order valence-corrected chi connectivity index (χ2v) is 6.33. The van der Waals surface area contributed by atoms with Gasteiger partial charge in [-0.2, -0.15) is 0 Å². The highest BCUT2D eigenvalue weighted by Gasteiger charge is 2.19. The van der Waals surface area contributed by atoms with Crippen LogP contribution < -0.4 is 0 Å². The van der Waals surface area contributed by atoms with Gasteiger partial charge in [-0.25, -0.2) is 4.98 Å². The number of para-hydroxylation sites is 2. The van der Waals surface area contributed by atoms with Crippen molar-refractivity contribution in [3.8, 4) is 11.5 Å². The second-order valence-electron chi connectivity index (χ2n) is 6.33. The minimum atomic E-state index is 0.0596. The van der Waals surface area contributed by atoms with Gasteiger partial charge in [0.15, 0.2) is 5.58 Å². The van der Waals surface area contributed by atoms with Crippen molar-refractivity contribution in [1.82, 2.24) is 9.88 Å². The summed E-state index contributed by atoms with van der Waals surface area (Å²) in [7, 11) is 1.89.